The summed E-state index contributed by atoms with van der Waals surface area (Å²) in [5.74, 6) is -0.267. The molecule has 0 fully saturated rings. The molecule has 0 aliphatic heterocycles. The Kier molecular flexibility index (Phi) is 7.99. The molecule has 0 N–H and O–H groups in total. The van der Waals surface area contributed by atoms with E-state index in [9.17, 15) is 4.39 Å². The number of hydrogen-bond acceptors (Lipinski definition) is 1. The summed E-state index contributed by atoms with van der Waals surface area (Å²) >= 11 is 5.77. The standard InChI is InChI=1S/C12H11ClFN.C2H6/c1-9(13)7-11(8-15-2)10-3-5-12(14)6-4-10;1-2/h3-8H,2H2,1H3;1-2H3/b9-7+,11-8+;. The van der Waals surface area contributed by atoms with Crippen molar-refractivity contribution in [2.45, 2.75) is 20.8 Å². The third-order valence-corrected chi connectivity index (χ3v) is 1.87. The van der Waals surface area contributed by atoms with Gasteiger partial charge in [-0.3, -0.25) is 4.99 Å². The molecule has 1 nitrogen and oxygen atoms in total. The number of halogens is 2. The number of allylic oxidation sites excluding steroid dienone is 3. The van der Waals surface area contributed by atoms with Crippen LogP contribution in [0.25, 0.3) is 5.57 Å². The summed E-state index contributed by atoms with van der Waals surface area (Å²) < 4.78 is 12.7. The van der Waals surface area contributed by atoms with Crippen molar-refractivity contribution in [3.8, 4) is 0 Å². The lowest BCUT2D eigenvalue weighted by Crippen LogP contribution is -1.82. The Balaban J connectivity index is 0.00000121. The average Bonchev–Trinajstić information content (AvgIpc) is 2.31. The van der Waals surface area contributed by atoms with Gasteiger partial charge in [-0.2, -0.15) is 0 Å². The highest BCUT2D eigenvalue weighted by Crippen LogP contribution is 2.19. The summed E-state index contributed by atoms with van der Waals surface area (Å²) in [7, 11) is 0. The van der Waals surface area contributed by atoms with E-state index in [1.54, 1.807) is 31.3 Å². The average molecular weight is 254 g/mol. The van der Waals surface area contributed by atoms with E-state index >= 15 is 0 Å². The van der Waals surface area contributed by atoms with Crippen molar-refractivity contribution in [3.05, 3.63) is 53.0 Å². The molecule has 17 heavy (non-hydrogen) atoms. The molecule has 0 heterocycles. The van der Waals surface area contributed by atoms with Gasteiger partial charge in [-0.15, -0.1) is 0 Å². The monoisotopic (exact) mass is 253 g/mol. The Bertz CT molecular complexity index is 401. The Labute approximate surface area is 107 Å². The van der Waals surface area contributed by atoms with Crippen LogP contribution in [0.2, 0.25) is 0 Å². The van der Waals surface area contributed by atoms with Gasteiger partial charge in [-0.1, -0.05) is 37.6 Å². The molecule has 0 aliphatic rings. The van der Waals surface area contributed by atoms with E-state index < -0.39 is 0 Å². The molecule has 0 amide bonds. The van der Waals surface area contributed by atoms with E-state index in [-0.39, 0.29) is 5.82 Å². The van der Waals surface area contributed by atoms with E-state index in [4.69, 9.17) is 11.6 Å². The first-order valence-corrected chi connectivity index (χ1v) is 5.77. The highest BCUT2D eigenvalue weighted by Gasteiger charge is 1.99. The SMILES string of the molecule is C=N/C=C(\C=C(/C)Cl)c1ccc(F)cc1.CC. The molecule has 1 aromatic carbocycles. The van der Waals surface area contributed by atoms with Crippen molar-refractivity contribution in [1.82, 2.24) is 0 Å². The van der Waals surface area contributed by atoms with Gasteiger partial charge >= 0.3 is 0 Å². The second-order valence-corrected chi connectivity index (χ2v) is 3.60. The summed E-state index contributed by atoms with van der Waals surface area (Å²) in [6.45, 7) is 9.14. The summed E-state index contributed by atoms with van der Waals surface area (Å²) in [5, 5.41) is 0.634. The Morgan fingerprint density at radius 2 is 1.82 bits per heavy atom. The zero-order chi connectivity index (χ0) is 13.3. The van der Waals surface area contributed by atoms with Crippen molar-refractivity contribution in [1.29, 1.82) is 0 Å². The lowest BCUT2D eigenvalue weighted by atomic mass is 10.1. The van der Waals surface area contributed by atoms with Crippen molar-refractivity contribution in [2.75, 3.05) is 0 Å². The summed E-state index contributed by atoms with van der Waals surface area (Å²) in [6, 6.07) is 6.12. The minimum absolute atomic E-state index is 0.267. The van der Waals surface area contributed by atoms with E-state index in [1.807, 2.05) is 13.8 Å². The minimum atomic E-state index is -0.267. The van der Waals surface area contributed by atoms with E-state index in [2.05, 4.69) is 11.7 Å². The van der Waals surface area contributed by atoms with Gasteiger partial charge in [0.05, 0.1) is 0 Å². The number of benzene rings is 1. The van der Waals surface area contributed by atoms with Gasteiger partial charge in [0.15, 0.2) is 0 Å². The smallest absolute Gasteiger partial charge is 0.123 e. The first-order chi connectivity index (χ1) is 8.13. The maximum atomic E-state index is 12.7. The van der Waals surface area contributed by atoms with Gasteiger partial charge in [0, 0.05) is 16.8 Å². The van der Waals surface area contributed by atoms with E-state index in [1.165, 1.54) is 12.1 Å². The molecule has 0 bridgehead atoms. The first-order valence-electron chi connectivity index (χ1n) is 5.39. The van der Waals surface area contributed by atoms with E-state index in [0.717, 1.165) is 11.1 Å². The fourth-order valence-electron chi connectivity index (χ4n) is 1.15. The van der Waals surface area contributed by atoms with Crippen LogP contribution in [0.1, 0.15) is 26.3 Å². The van der Waals surface area contributed by atoms with Gasteiger partial charge < -0.3 is 0 Å². The Hall–Kier alpha value is -1.41. The molecule has 92 valence electrons. The molecule has 0 saturated heterocycles. The molecule has 1 aromatic rings. The van der Waals surface area contributed by atoms with Crippen LogP contribution in [-0.2, 0) is 0 Å². The van der Waals surface area contributed by atoms with Crippen LogP contribution in [0.5, 0.6) is 0 Å². The van der Waals surface area contributed by atoms with Crippen LogP contribution in [0.4, 0.5) is 4.39 Å². The van der Waals surface area contributed by atoms with Crippen molar-refractivity contribution < 1.29 is 4.39 Å². The lowest BCUT2D eigenvalue weighted by Gasteiger charge is -2.01. The van der Waals surface area contributed by atoms with E-state index in [0.29, 0.717) is 5.03 Å². The molecule has 1 rings (SSSR count). The fourth-order valence-corrected chi connectivity index (χ4v) is 1.27. The van der Waals surface area contributed by atoms with Crippen LogP contribution in [0.15, 0.2) is 46.6 Å². The quantitative estimate of drug-likeness (QED) is 0.529. The van der Waals surface area contributed by atoms with Gasteiger partial charge in [0.2, 0.25) is 0 Å². The molecule has 0 aromatic heterocycles. The van der Waals surface area contributed by atoms with Crippen molar-refractivity contribution in [2.24, 2.45) is 4.99 Å². The molecular formula is C14H17ClFN. The Morgan fingerprint density at radius 1 is 1.29 bits per heavy atom. The maximum Gasteiger partial charge on any atom is 0.123 e. The van der Waals surface area contributed by atoms with Crippen LogP contribution in [0.3, 0.4) is 0 Å². The zero-order valence-electron chi connectivity index (χ0n) is 10.4. The second-order valence-electron chi connectivity index (χ2n) is 3.01. The molecule has 0 saturated carbocycles. The predicted octanol–water partition coefficient (Wildman–Crippen LogP) is 5.04. The molecule has 0 aliphatic carbocycles. The number of nitrogens with zero attached hydrogens (tertiary/aromatic N) is 1. The predicted molar refractivity (Wildman–Crippen MR) is 74.9 cm³/mol. The van der Waals surface area contributed by atoms with Gasteiger partial charge in [0.25, 0.3) is 0 Å². The number of hydrogen-bond donors (Lipinski definition) is 0. The van der Waals surface area contributed by atoms with Crippen molar-refractivity contribution >= 4 is 23.9 Å². The maximum absolute atomic E-state index is 12.7. The highest BCUT2D eigenvalue weighted by atomic mass is 35.5. The third kappa shape index (κ3) is 6.03. The molecule has 0 unspecified atom stereocenters. The lowest BCUT2D eigenvalue weighted by molar-refractivity contribution is 0.627. The zero-order valence-corrected chi connectivity index (χ0v) is 11.1. The van der Waals surface area contributed by atoms with Gasteiger partial charge in [0.1, 0.15) is 5.82 Å². The van der Waals surface area contributed by atoms with Crippen LogP contribution in [0, 0.1) is 5.82 Å². The van der Waals surface area contributed by atoms with Crippen molar-refractivity contribution in [3.63, 3.8) is 0 Å². The molecule has 0 atom stereocenters. The fraction of sp³-hybridized carbons (Fsp3) is 0.214. The minimum Gasteiger partial charge on any atom is -0.272 e. The molecule has 0 spiro atoms. The largest absolute Gasteiger partial charge is 0.272 e. The number of rotatable bonds is 3. The molecular weight excluding hydrogens is 237 g/mol. The molecule has 3 heteroatoms. The van der Waals surface area contributed by atoms with Crippen LogP contribution in [-0.4, -0.2) is 6.72 Å². The van der Waals surface area contributed by atoms with Gasteiger partial charge in [-0.25, -0.2) is 4.39 Å². The van der Waals surface area contributed by atoms with Crippen LogP contribution < -0.4 is 0 Å². The Morgan fingerprint density at radius 3 is 2.24 bits per heavy atom. The molecule has 0 radical (unpaired) electrons. The number of aliphatic imine (C=N–C) groups is 1. The third-order valence-electron chi connectivity index (χ3n) is 1.76. The van der Waals surface area contributed by atoms with Crippen LogP contribution >= 0.6 is 11.6 Å². The normalized spacial score (nSPS) is 11.6. The summed E-state index contributed by atoms with van der Waals surface area (Å²) in [4.78, 5) is 3.68. The second kappa shape index (κ2) is 8.71. The topological polar surface area (TPSA) is 12.4 Å². The first kappa shape index (κ1) is 15.6. The summed E-state index contributed by atoms with van der Waals surface area (Å²) in [5.41, 5.74) is 1.65. The van der Waals surface area contributed by atoms with Gasteiger partial charge in [-0.05, 0) is 37.4 Å². The summed E-state index contributed by atoms with van der Waals surface area (Å²) in [6.07, 6.45) is 3.34. The highest BCUT2D eigenvalue weighted by molar-refractivity contribution is 6.29.